The van der Waals surface area contributed by atoms with E-state index < -0.39 is 0 Å². The van der Waals surface area contributed by atoms with Crippen LogP contribution in [0.15, 0.2) is 72.8 Å². The first kappa shape index (κ1) is 23.5. The fourth-order valence-electron chi connectivity index (χ4n) is 4.11. The predicted octanol–water partition coefficient (Wildman–Crippen LogP) is 4.28. The highest BCUT2D eigenvalue weighted by Crippen LogP contribution is 2.19. The molecule has 6 nitrogen and oxygen atoms in total. The number of piperazine rings is 1. The van der Waals surface area contributed by atoms with Gasteiger partial charge in [-0.05, 0) is 54.8 Å². The highest BCUT2D eigenvalue weighted by molar-refractivity contribution is 5.95. The van der Waals surface area contributed by atoms with Crippen LogP contribution in [0.25, 0.3) is 0 Å². The van der Waals surface area contributed by atoms with Crippen LogP contribution >= 0.6 is 0 Å². The molecule has 3 aromatic carbocycles. The van der Waals surface area contributed by atoms with Crippen molar-refractivity contribution in [2.24, 2.45) is 0 Å². The summed E-state index contributed by atoms with van der Waals surface area (Å²) in [6, 6.07) is 23.2. The van der Waals surface area contributed by atoms with E-state index in [-0.39, 0.29) is 11.8 Å². The van der Waals surface area contributed by atoms with E-state index >= 15 is 0 Å². The number of nitrogens with one attached hydrogen (secondary N) is 1. The number of rotatable bonds is 7. The van der Waals surface area contributed by atoms with Gasteiger partial charge < -0.3 is 15.0 Å². The SMILES string of the molecule is Cc1cccc(C)c1NC(=O)CN1CCN(C(=O)c2ccc(COc3ccccc3)cc2)CC1. The Morgan fingerprint density at radius 1 is 0.824 bits per heavy atom. The Hall–Kier alpha value is -3.64. The smallest absolute Gasteiger partial charge is 0.253 e. The summed E-state index contributed by atoms with van der Waals surface area (Å²) in [4.78, 5) is 29.4. The third-order valence-corrected chi connectivity index (χ3v) is 6.12. The molecule has 1 aliphatic heterocycles. The summed E-state index contributed by atoms with van der Waals surface area (Å²) in [5.41, 5.74) is 4.69. The van der Waals surface area contributed by atoms with Gasteiger partial charge in [0, 0.05) is 37.4 Å². The predicted molar refractivity (Wildman–Crippen MR) is 134 cm³/mol. The van der Waals surface area contributed by atoms with E-state index in [4.69, 9.17) is 4.74 Å². The van der Waals surface area contributed by atoms with E-state index in [9.17, 15) is 9.59 Å². The first-order valence-corrected chi connectivity index (χ1v) is 11.6. The van der Waals surface area contributed by atoms with Gasteiger partial charge in [-0.2, -0.15) is 0 Å². The van der Waals surface area contributed by atoms with Gasteiger partial charge >= 0.3 is 0 Å². The summed E-state index contributed by atoms with van der Waals surface area (Å²) in [6.07, 6.45) is 0. The largest absolute Gasteiger partial charge is 0.489 e. The van der Waals surface area contributed by atoms with Crippen molar-refractivity contribution in [3.63, 3.8) is 0 Å². The van der Waals surface area contributed by atoms with Gasteiger partial charge in [0.1, 0.15) is 12.4 Å². The maximum absolute atomic E-state index is 12.9. The Bertz CT molecular complexity index is 1100. The number of aryl methyl sites for hydroxylation is 2. The summed E-state index contributed by atoms with van der Waals surface area (Å²) in [5.74, 6) is 0.823. The zero-order chi connectivity index (χ0) is 23.9. The lowest BCUT2D eigenvalue weighted by atomic mass is 10.1. The van der Waals surface area contributed by atoms with Gasteiger partial charge in [0.05, 0.1) is 6.54 Å². The normalized spacial score (nSPS) is 14.0. The van der Waals surface area contributed by atoms with Gasteiger partial charge in [0.2, 0.25) is 5.91 Å². The van der Waals surface area contributed by atoms with Crippen LogP contribution in [0, 0.1) is 13.8 Å². The number of carbonyl (C=O) groups is 2. The van der Waals surface area contributed by atoms with E-state index in [2.05, 4.69) is 10.2 Å². The molecule has 1 N–H and O–H groups in total. The Kier molecular flexibility index (Phi) is 7.60. The third kappa shape index (κ3) is 6.02. The number of para-hydroxylation sites is 2. The van der Waals surface area contributed by atoms with Gasteiger partial charge in [-0.25, -0.2) is 0 Å². The van der Waals surface area contributed by atoms with Crippen LogP contribution in [0.3, 0.4) is 0 Å². The number of ether oxygens (including phenoxy) is 1. The molecule has 1 heterocycles. The fourth-order valence-corrected chi connectivity index (χ4v) is 4.11. The van der Waals surface area contributed by atoms with E-state index in [1.54, 1.807) is 0 Å². The zero-order valence-corrected chi connectivity index (χ0v) is 19.8. The Morgan fingerprint density at radius 3 is 2.12 bits per heavy atom. The number of anilines is 1. The minimum atomic E-state index is -0.0227. The molecular weight excluding hydrogens is 426 g/mol. The number of amides is 2. The maximum Gasteiger partial charge on any atom is 0.253 e. The van der Waals surface area contributed by atoms with Crippen molar-refractivity contribution in [3.8, 4) is 5.75 Å². The van der Waals surface area contributed by atoms with Crippen LogP contribution in [-0.4, -0.2) is 54.3 Å². The average Bonchev–Trinajstić information content (AvgIpc) is 2.86. The minimum Gasteiger partial charge on any atom is -0.489 e. The first-order chi connectivity index (χ1) is 16.5. The summed E-state index contributed by atoms with van der Waals surface area (Å²) >= 11 is 0. The Morgan fingerprint density at radius 2 is 1.47 bits per heavy atom. The molecule has 0 radical (unpaired) electrons. The maximum atomic E-state index is 12.9. The van der Waals surface area contributed by atoms with Crippen molar-refractivity contribution >= 4 is 17.5 Å². The van der Waals surface area contributed by atoms with Gasteiger partial charge in [0.25, 0.3) is 5.91 Å². The molecule has 6 heteroatoms. The van der Waals surface area contributed by atoms with E-state index in [0.29, 0.717) is 44.9 Å². The molecule has 4 rings (SSSR count). The van der Waals surface area contributed by atoms with Crippen molar-refractivity contribution in [2.45, 2.75) is 20.5 Å². The van der Waals surface area contributed by atoms with E-state index in [0.717, 1.165) is 28.1 Å². The number of nitrogens with zero attached hydrogens (tertiary/aromatic N) is 2. The second-order valence-electron chi connectivity index (χ2n) is 8.68. The topological polar surface area (TPSA) is 61.9 Å². The molecule has 1 fully saturated rings. The second-order valence-corrected chi connectivity index (χ2v) is 8.68. The van der Waals surface area contributed by atoms with Crippen molar-refractivity contribution in [1.82, 2.24) is 9.80 Å². The Balaban J connectivity index is 1.24. The minimum absolute atomic E-state index is 0.0227. The quantitative estimate of drug-likeness (QED) is 0.575. The standard InChI is InChI=1S/C28H31N3O3/c1-21-7-6-8-22(2)27(21)29-26(32)19-30-15-17-31(18-16-30)28(33)24-13-11-23(12-14-24)20-34-25-9-4-3-5-10-25/h3-14H,15-20H2,1-2H3,(H,29,32). The van der Waals surface area contributed by atoms with Crippen LogP contribution in [0.5, 0.6) is 5.75 Å². The van der Waals surface area contributed by atoms with Crippen molar-refractivity contribution < 1.29 is 14.3 Å². The average molecular weight is 458 g/mol. The van der Waals surface area contributed by atoms with Crippen LogP contribution in [0.1, 0.15) is 27.0 Å². The highest BCUT2D eigenvalue weighted by Gasteiger charge is 2.23. The van der Waals surface area contributed by atoms with Crippen LogP contribution < -0.4 is 10.1 Å². The summed E-state index contributed by atoms with van der Waals surface area (Å²) in [6.45, 7) is 7.34. The van der Waals surface area contributed by atoms with Crippen molar-refractivity contribution in [2.75, 3.05) is 38.0 Å². The fraction of sp³-hybridized carbons (Fsp3) is 0.286. The summed E-state index contributed by atoms with van der Waals surface area (Å²) < 4.78 is 5.77. The van der Waals surface area contributed by atoms with Crippen LogP contribution in [0.4, 0.5) is 5.69 Å². The number of hydrogen-bond donors (Lipinski definition) is 1. The van der Waals surface area contributed by atoms with Crippen molar-refractivity contribution in [3.05, 3.63) is 95.1 Å². The molecule has 0 aliphatic carbocycles. The molecule has 0 bridgehead atoms. The summed E-state index contributed by atoms with van der Waals surface area (Å²) in [5, 5.41) is 3.04. The monoisotopic (exact) mass is 457 g/mol. The lowest BCUT2D eigenvalue weighted by molar-refractivity contribution is -0.117. The molecule has 176 valence electrons. The van der Waals surface area contributed by atoms with Gasteiger partial charge in [0.15, 0.2) is 0 Å². The van der Waals surface area contributed by atoms with E-state index in [1.165, 1.54) is 0 Å². The molecule has 0 spiro atoms. The Labute approximate surface area is 201 Å². The van der Waals surface area contributed by atoms with Crippen molar-refractivity contribution in [1.29, 1.82) is 0 Å². The second kappa shape index (κ2) is 11.0. The molecule has 0 atom stereocenters. The lowest BCUT2D eigenvalue weighted by Crippen LogP contribution is -2.50. The lowest BCUT2D eigenvalue weighted by Gasteiger charge is -2.34. The molecule has 0 saturated carbocycles. The molecule has 3 aromatic rings. The number of benzene rings is 3. The molecule has 0 unspecified atom stereocenters. The molecule has 0 aromatic heterocycles. The molecule has 34 heavy (non-hydrogen) atoms. The number of hydrogen-bond acceptors (Lipinski definition) is 4. The van der Waals surface area contributed by atoms with Gasteiger partial charge in [-0.1, -0.05) is 48.5 Å². The van der Waals surface area contributed by atoms with Gasteiger partial charge in [-0.3, -0.25) is 14.5 Å². The molecule has 1 saturated heterocycles. The first-order valence-electron chi connectivity index (χ1n) is 11.6. The van der Waals surface area contributed by atoms with Gasteiger partial charge in [-0.15, -0.1) is 0 Å². The molecular formula is C28H31N3O3. The molecule has 2 amide bonds. The number of carbonyl (C=O) groups excluding carboxylic acids is 2. The van der Waals surface area contributed by atoms with E-state index in [1.807, 2.05) is 91.5 Å². The van der Waals surface area contributed by atoms with Crippen LogP contribution in [0.2, 0.25) is 0 Å². The van der Waals surface area contributed by atoms with Crippen LogP contribution in [-0.2, 0) is 11.4 Å². The third-order valence-electron chi connectivity index (χ3n) is 6.12. The molecule has 1 aliphatic rings. The zero-order valence-electron chi connectivity index (χ0n) is 19.8. The summed E-state index contributed by atoms with van der Waals surface area (Å²) in [7, 11) is 0. The highest BCUT2D eigenvalue weighted by atomic mass is 16.5.